The van der Waals surface area contributed by atoms with Crippen molar-refractivity contribution in [3.8, 4) is 17.2 Å². The highest BCUT2D eigenvalue weighted by Crippen LogP contribution is 2.29. The number of hydrogen-bond acceptors (Lipinski definition) is 5. The van der Waals surface area contributed by atoms with Crippen molar-refractivity contribution < 1.29 is 8.42 Å². The van der Waals surface area contributed by atoms with Gasteiger partial charge in [0.2, 0.25) is 0 Å². The van der Waals surface area contributed by atoms with Gasteiger partial charge in [-0.1, -0.05) is 12.1 Å². The largest absolute Gasteiger partial charge is 0.338 e. The van der Waals surface area contributed by atoms with Crippen molar-refractivity contribution in [2.75, 3.05) is 6.26 Å². The molecule has 3 aromatic heterocycles. The lowest BCUT2D eigenvalue weighted by Gasteiger charge is -2.04. The highest BCUT2D eigenvalue weighted by Gasteiger charge is 2.11. The molecule has 0 aliphatic rings. The lowest BCUT2D eigenvalue weighted by Crippen LogP contribution is -1.96. The van der Waals surface area contributed by atoms with Gasteiger partial charge in [0.1, 0.15) is 17.4 Å². The molecule has 0 fully saturated rings. The molecule has 122 valence electrons. The van der Waals surface area contributed by atoms with E-state index in [1.54, 1.807) is 36.7 Å². The SMILES string of the molecule is CS(=O)(=O)c1cccc(-c2cnc3[nH]c4cnc(C#N)cc4c3c2)c1. The van der Waals surface area contributed by atoms with E-state index in [-0.39, 0.29) is 4.90 Å². The van der Waals surface area contributed by atoms with E-state index in [9.17, 15) is 8.42 Å². The third kappa shape index (κ3) is 2.62. The van der Waals surface area contributed by atoms with Crippen LogP contribution in [0.2, 0.25) is 0 Å². The molecule has 0 atom stereocenters. The van der Waals surface area contributed by atoms with Gasteiger partial charge in [0.05, 0.1) is 16.6 Å². The van der Waals surface area contributed by atoms with Gasteiger partial charge in [0.15, 0.2) is 9.84 Å². The summed E-state index contributed by atoms with van der Waals surface area (Å²) in [7, 11) is -3.28. The van der Waals surface area contributed by atoms with E-state index in [1.165, 1.54) is 6.26 Å². The van der Waals surface area contributed by atoms with E-state index >= 15 is 0 Å². The van der Waals surface area contributed by atoms with Crippen LogP contribution in [0.1, 0.15) is 5.69 Å². The minimum absolute atomic E-state index is 0.264. The highest BCUT2D eigenvalue weighted by atomic mass is 32.2. The first kappa shape index (κ1) is 15.3. The lowest BCUT2D eigenvalue weighted by molar-refractivity contribution is 0.602. The van der Waals surface area contributed by atoms with Crippen LogP contribution in [-0.2, 0) is 9.84 Å². The minimum Gasteiger partial charge on any atom is -0.338 e. The molecular weight excluding hydrogens is 336 g/mol. The fraction of sp³-hybridized carbons (Fsp3) is 0.0556. The van der Waals surface area contributed by atoms with E-state index in [0.717, 1.165) is 27.4 Å². The Morgan fingerprint density at radius 1 is 1.04 bits per heavy atom. The number of aromatic nitrogens is 3. The minimum atomic E-state index is -3.28. The number of nitrogens with zero attached hydrogens (tertiary/aromatic N) is 3. The van der Waals surface area contributed by atoms with Crippen LogP contribution < -0.4 is 0 Å². The maximum Gasteiger partial charge on any atom is 0.175 e. The molecule has 6 nitrogen and oxygen atoms in total. The Labute approximate surface area is 143 Å². The van der Waals surface area contributed by atoms with Crippen LogP contribution in [0.5, 0.6) is 0 Å². The zero-order valence-corrected chi connectivity index (χ0v) is 14.0. The average Bonchev–Trinajstić information content (AvgIpc) is 2.98. The number of nitrogens with one attached hydrogen (secondary N) is 1. The molecule has 0 spiro atoms. The number of hydrogen-bond donors (Lipinski definition) is 1. The van der Waals surface area contributed by atoms with Crippen LogP contribution >= 0.6 is 0 Å². The van der Waals surface area contributed by atoms with Crippen molar-refractivity contribution >= 4 is 31.8 Å². The number of aromatic amines is 1. The first-order valence-electron chi connectivity index (χ1n) is 7.44. The Kier molecular flexibility index (Phi) is 3.30. The van der Waals surface area contributed by atoms with Gasteiger partial charge in [0, 0.05) is 28.8 Å². The number of H-pyrrole nitrogens is 1. The molecule has 1 N–H and O–H groups in total. The van der Waals surface area contributed by atoms with Crippen LogP contribution in [0.25, 0.3) is 33.1 Å². The van der Waals surface area contributed by atoms with Crippen LogP contribution in [0.3, 0.4) is 0 Å². The zero-order valence-electron chi connectivity index (χ0n) is 13.2. The number of benzene rings is 1. The predicted octanol–water partition coefficient (Wildman–Crippen LogP) is 3.05. The van der Waals surface area contributed by atoms with Crippen LogP contribution in [0, 0.1) is 11.3 Å². The van der Waals surface area contributed by atoms with Gasteiger partial charge >= 0.3 is 0 Å². The molecule has 0 unspecified atom stereocenters. The quantitative estimate of drug-likeness (QED) is 0.600. The first-order valence-corrected chi connectivity index (χ1v) is 9.33. The molecular formula is C18H12N4O2S. The standard InChI is InChI=1S/C18H12N4O2S/c1-25(23,24)14-4-2-3-11(5-14)12-6-16-15-7-13(8-19)20-10-17(15)22-18(16)21-9-12/h2-7,9-10H,1H3,(H,21,22). The molecule has 7 heteroatoms. The van der Waals surface area contributed by atoms with Crippen molar-refractivity contribution in [2.45, 2.75) is 4.90 Å². The Morgan fingerprint density at radius 2 is 1.88 bits per heavy atom. The molecule has 4 aromatic rings. The fourth-order valence-electron chi connectivity index (χ4n) is 2.80. The van der Waals surface area contributed by atoms with Gasteiger partial charge in [-0.2, -0.15) is 5.26 Å². The topological polar surface area (TPSA) is 99.5 Å². The summed E-state index contributed by atoms with van der Waals surface area (Å²) < 4.78 is 23.5. The molecule has 0 saturated heterocycles. The molecule has 0 radical (unpaired) electrons. The molecule has 0 saturated carbocycles. The number of rotatable bonds is 2. The Morgan fingerprint density at radius 3 is 2.64 bits per heavy atom. The summed E-state index contributed by atoms with van der Waals surface area (Å²) in [5.41, 5.74) is 3.38. The van der Waals surface area contributed by atoms with Crippen molar-refractivity contribution in [2.24, 2.45) is 0 Å². The second kappa shape index (κ2) is 5.40. The summed E-state index contributed by atoms with van der Waals surface area (Å²) >= 11 is 0. The molecule has 25 heavy (non-hydrogen) atoms. The normalized spacial score (nSPS) is 11.7. The van der Waals surface area contributed by atoms with E-state index < -0.39 is 9.84 Å². The van der Waals surface area contributed by atoms with Crippen LogP contribution in [0.15, 0.2) is 53.7 Å². The summed E-state index contributed by atoms with van der Waals surface area (Å²) in [5.74, 6) is 0. The van der Waals surface area contributed by atoms with Crippen molar-refractivity contribution in [1.29, 1.82) is 5.26 Å². The summed E-state index contributed by atoms with van der Waals surface area (Å²) in [6.45, 7) is 0. The van der Waals surface area contributed by atoms with Crippen LogP contribution in [0.4, 0.5) is 0 Å². The van der Waals surface area contributed by atoms with E-state index in [0.29, 0.717) is 11.3 Å². The van der Waals surface area contributed by atoms with Gasteiger partial charge in [0.25, 0.3) is 0 Å². The van der Waals surface area contributed by atoms with Crippen molar-refractivity contribution in [3.05, 3.63) is 54.5 Å². The second-order valence-corrected chi connectivity index (χ2v) is 7.79. The monoisotopic (exact) mass is 348 g/mol. The maximum atomic E-state index is 11.8. The summed E-state index contributed by atoms with van der Waals surface area (Å²) in [4.78, 5) is 11.9. The number of pyridine rings is 2. The summed E-state index contributed by atoms with van der Waals surface area (Å²) in [6.07, 6.45) is 4.49. The van der Waals surface area contributed by atoms with Gasteiger partial charge < -0.3 is 4.98 Å². The predicted molar refractivity (Wildman–Crippen MR) is 94.7 cm³/mol. The molecule has 3 heterocycles. The Hall–Kier alpha value is -3.24. The highest BCUT2D eigenvalue weighted by molar-refractivity contribution is 7.90. The molecule has 0 amide bonds. The second-order valence-electron chi connectivity index (χ2n) is 5.77. The third-order valence-corrected chi connectivity index (χ3v) is 5.16. The Balaban J connectivity index is 1.95. The Bertz CT molecular complexity index is 1280. The fourth-order valence-corrected chi connectivity index (χ4v) is 3.47. The molecule has 4 rings (SSSR count). The number of fused-ring (bicyclic) bond motifs is 3. The van der Waals surface area contributed by atoms with Crippen molar-refractivity contribution in [3.63, 3.8) is 0 Å². The van der Waals surface area contributed by atoms with Crippen molar-refractivity contribution in [1.82, 2.24) is 15.0 Å². The van der Waals surface area contributed by atoms with Gasteiger partial charge in [-0.25, -0.2) is 18.4 Å². The van der Waals surface area contributed by atoms with Crippen LogP contribution in [-0.4, -0.2) is 29.6 Å². The molecule has 1 aromatic carbocycles. The van der Waals surface area contributed by atoms with Gasteiger partial charge in [-0.3, -0.25) is 0 Å². The maximum absolute atomic E-state index is 11.8. The lowest BCUT2D eigenvalue weighted by atomic mass is 10.1. The molecule has 0 aliphatic heterocycles. The average molecular weight is 348 g/mol. The third-order valence-electron chi connectivity index (χ3n) is 4.04. The van der Waals surface area contributed by atoms with E-state index in [4.69, 9.17) is 5.26 Å². The van der Waals surface area contributed by atoms with E-state index in [2.05, 4.69) is 15.0 Å². The van der Waals surface area contributed by atoms with E-state index in [1.807, 2.05) is 18.2 Å². The number of nitriles is 1. The smallest absolute Gasteiger partial charge is 0.175 e. The number of sulfone groups is 1. The first-order chi connectivity index (χ1) is 12.0. The van der Waals surface area contributed by atoms with Gasteiger partial charge in [-0.05, 0) is 29.8 Å². The molecule has 0 bridgehead atoms. The molecule has 0 aliphatic carbocycles. The van der Waals surface area contributed by atoms with Gasteiger partial charge in [-0.15, -0.1) is 0 Å². The summed E-state index contributed by atoms with van der Waals surface area (Å²) in [5, 5.41) is 10.8. The summed E-state index contributed by atoms with van der Waals surface area (Å²) in [6, 6.07) is 12.4. The zero-order chi connectivity index (χ0) is 17.6.